The van der Waals surface area contributed by atoms with Crippen LogP contribution >= 0.6 is 23.1 Å². The second-order valence-corrected chi connectivity index (χ2v) is 8.37. The number of hydrogen-bond donors (Lipinski definition) is 0. The van der Waals surface area contributed by atoms with Gasteiger partial charge in [-0.15, -0.1) is 11.3 Å². The van der Waals surface area contributed by atoms with E-state index in [9.17, 15) is 4.79 Å². The first kappa shape index (κ1) is 17.5. The number of fused-ring (bicyclic) bond motifs is 3. The normalized spacial score (nSPS) is 14.1. The van der Waals surface area contributed by atoms with E-state index in [0.29, 0.717) is 17.5 Å². The SMILES string of the molecule is CN(C)CCCn1c(SCC#N)nc2sc3c(c2c1=O)CCCC3. The van der Waals surface area contributed by atoms with Gasteiger partial charge in [0.2, 0.25) is 0 Å². The molecule has 2 aromatic rings. The third-order valence-electron chi connectivity index (χ3n) is 4.29. The highest BCUT2D eigenvalue weighted by Gasteiger charge is 2.22. The molecular weight excluding hydrogens is 340 g/mol. The second-order valence-electron chi connectivity index (χ2n) is 6.35. The Morgan fingerprint density at radius 1 is 1.38 bits per heavy atom. The van der Waals surface area contributed by atoms with Crippen LogP contribution in [0.1, 0.15) is 29.7 Å². The van der Waals surface area contributed by atoms with E-state index in [-0.39, 0.29) is 5.56 Å². The Kier molecular flexibility index (Phi) is 5.59. The van der Waals surface area contributed by atoms with E-state index in [4.69, 9.17) is 10.2 Å². The molecule has 1 aliphatic carbocycles. The summed E-state index contributed by atoms with van der Waals surface area (Å²) in [6.07, 6.45) is 5.31. The fourth-order valence-corrected chi connectivity index (χ4v) is 5.16. The van der Waals surface area contributed by atoms with Crippen LogP contribution in [0.25, 0.3) is 10.2 Å². The van der Waals surface area contributed by atoms with Crippen LogP contribution in [0.3, 0.4) is 0 Å². The molecule has 7 heteroatoms. The Labute approximate surface area is 150 Å². The quantitative estimate of drug-likeness (QED) is 0.584. The summed E-state index contributed by atoms with van der Waals surface area (Å²) in [5.74, 6) is 0.316. The number of rotatable bonds is 6. The highest BCUT2D eigenvalue weighted by Crippen LogP contribution is 2.34. The van der Waals surface area contributed by atoms with Crippen molar-refractivity contribution in [3.05, 3.63) is 20.8 Å². The minimum Gasteiger partial charge on any atom is -0.309 e. The lowest BCUT2D eigenvalue weighted by Gasteiger charge is -2.14. The molecule has 0 aromatic carbocycles. The van der Waals surface area contributed by atoms with Gasteiger partial charge < -0.3 is 4.90 Å². The zero-order chi connectivity index (χ0) is 17.1. The number of aryl methyl sites for hydroxylation is 2. The molecule has 128 valence electrons. The van der Waals surface area contributed by atoms with Crippen molar-refractivity contribution in [1.29, 1.82) is 5.26 Å². The van der Waals surface area contributed by atoms with Crippen molar-refractivity contribution in [3.63, 3.8) is 0 Å². The molecule has 5 nitrogen and oxygen atoms in total. The van der Waals surface area contributed by atoms with Crippen LogP contribution in [0.15, 0.2) is 9.95 Å². The lowest BCUT2D eigenvalue weighted by Crippen LogP contribution is -2.26. The molecule has 2 aromatic heterocycles. The van der Waals surface area contributed by atoms with E-state index in [1.807, 2.05) is 14.1 Å². The third kappa shape index (κ3) is 3.51. The van der Waals surface area contributed by atoms with Crippen molar-refractivity contribution < 1.29 is 0 Å². The summed E-state index contributed by atoms with van der Waals surface area (Å²) in [7, 11) is 4.07. The smallest absolute Gasteiger partial charge is 0.263 e. The fourth-order valence-electron chi connectivity index (χ4n) is 3.17. The van der Waals surface area contributed by atoms with Gasteiger partial charge in [-0.1, -0.05) is 11.8 Å². The fraction of sp³-hybridized carbons (Fsp3) is 0.588. The molecule has 2 heterocycles. The minimum absolute atomic E-state index is 0.0820. The topological polar surface area (TPSA) is 61.9 Å². The average Bonchev–Trinajstić information content (AvgIpc) is 2.93. The molecule has 0 unspecified atom stereocenters. The van der Waals surface area contributed by atoms with Crippen LogP contribution in [-0.4, -0.2) is 40.8 Å². The molecule has 0 spiro atoms. The van der Waals surface area contributed by atoms with E-state index in [2.05, 4.69) is 11.0 Å². The average molecular weight is 363 g/mol. The van der Waals surface area contributed by atoms with Gasteiger partial charge >= 0.3 is 0 Å². The molecule has 24 heavy (non-hydrogen) atoms. The molecule has 3 rings (SSSR count). The van der Waals surface area contributed by atoms with E-state index >= 15 is 0 Å². The Hall–Kier alpha value is -1.36. The zero-order valence-electron chi connectivity index (χ0n) is 14.2. The molecule has 0 radical (unpaired) electrons. The second kappa shape index (κ2) is 7.68. The van der Waals surface area contributed by atoms with Crippen LogP contribution < -0.4 is 5.56 Å². The van der Waals surface area contributed by atoms with Gasteiger partial charge in [-0.25, -0.2) is 4.98 Å². The molecule has 0 N–H and O–H groups in total. The molecule has 1 aliphatic rings. The number of nitriles is 1. The summed E-state index contributed by atoms with van der Waals surface area (Å²) in [5.41, 5.74) is 1.32. The predicted octanol–water partition coefficient (Wildman–Crippen LogP) is 2.90. The van der Waals surface area contributed by atoms with Gasteiger partial charge in [0, 0.05) is 11.4 Å². The monoisotopic (exact) mass is 362 g/mol. The van der Waals surface area contributed by atoms with Crippen molar-refractivity contribution in [3.8, 4) is 6.07 Å². The van der Waals surface area contributed by atoms with E-state index in [1.165, 1.54) is 28.6 Å². The third-order valence-corrected chi connectivity index (χ3v) is 6.32. The van der Waals surface area contributed by atoms with Crippen LogP contribution in [0.5, 0.6) is 0 Å². The Balaban J connectivity index is 2.05. The lowest BCUT2D eigenvalue weighted by atomic mass is 9.97. The molecule has 0 fully saturated rings. The summed E-state index contributed by atoms with van der Waals surface area (Å²) < 4.78 is 1.79. The van der Waals surface area contributed by atoms with Gasteiger partial charge in [-0.3, -0.25) is 9.36 Å². The van der Waals surface area contributed by atoms with Crippen molar-refractivity contribution >= 4 is 33.3 Å². The molecule has 0 saturated carbocycles. The molecule has 0 bridgehead atoms. The largest absolute Gasteiger partial charge is 0.309 e. The molecule has 0 atom stereocenters. The summed E-state index contributed by atoms with van der Waals surface area (Å²) in [6.45, 7) is 1.58. The lowest BCUT2D eigenvalue weighted by molar-refractivity contribution is 0.379. The van der Waals surface area contributed by atoms with E-state index in [1.54, 1.807) is 15.9 Å². The van der Waals surface area contributed by atoms with Crippen LogP contribution in [-0.2, 0) is 19.4 Å². The number of thioether (sulfide) groups is 1. The number of hydrogen-bond acceptors (Lipinski definition) is 6. The number of nitrogens with zero attached hydrogens (tertiary/aromatic N) is 4. The van der Waals surface area contributed by atoms with Crippen molar-refractivity contribution in [2.45, 2.75) is 43.8 Å². The van der Waals surface area contributed by atoms with Crippen molar-refractivity contribution in [1.82, 2.24) is 14.5 Å². The minimum atomic E-state index is 0.0820. The van der Waals surface area contributed by atoms with Crippen molar-refractivity contribution in [2.75, 3.05) is 26.4 Å². The summed E-state index contributed by atoms with van der Waals surface area (Å²) >= 11 is 3.03. The van der Waals surface area contributed by atoms with Gasteiger partial charge in [0.15, 0.2) is 5.16 Å². The Morgan fingerprint density at radius 3 is 2.92 bits per heavy atom. The zero-order valence-corrected chi connectivity index (χ0v) is 15.8. The molecule has 0 amide bonds. The van der Waals surface area contributed by atoms with Crippen LogP contribution in [0, 0.1) is 11.3 Å². The van der Waals surface area contributed by atoms with Gasteiger partial charge in [0.05, 0.1) is 17.2 Å². The van der Waals surface area contributed by atoms with Crippen molar-refractivity contribution in [2.24, 2.45) is 0 Å². The molecular formula is C17H22N4OS2. The van der Waals surface area contributed by atoms with Crippen LogP contribution in [0.4, 0.5) is 0 Å². The number of thiophene rings is 1. The van der Waals surface area contributed by atoms with Gasteiger partial charge in [0.1, 0.15) is 4.83 Å². The van der Waals surface area contributed by atoms with E-state index < -0.39 is 0 Å². The number of aromatic nitrogens is 2. The molecule has 0 aliphatic heterocycles. The Bertz CT molecular complexity index is 832. The predicted molar refractivity (Wildman–Crippen MR) is 100 cm³/mol. The van der Waals surface area contributed by atoms with Gasteiger partial charge in [0.25, 0.3) is 5.56 Å². The highest BCUT2D eigenvalue weighted by atomic mass is 32.2. The summed E-state index contributed by atoms with van der Waals surface area (Å²) in [5, 5.41) is 10.4. The first-order chi connectivity index (χ1) is 11.6. The van der Waals surface area contributed by atoms with E-state index in [0.717, 1.165) is 42.4 Å². The summed E-state index contributed by atoms with van der Waals surface area (Å²) in [6, 6.07) is 2.14. The highest BCUT2D eigenvalue weighted by molar-refractivity contribution is 7.99. The van der Waals surface area contributed by atoms with Gasteiger partial charge in [-0.05, 0) is 58.3 Å². The summed E-state index contributed by atoms with van der Waals surface area (Å²) in [4.78, 5) is 22.2. The maximum atomic E-state index is 13.1. The first-order valence-corrected chi connectivity index (χ1v) is 10.1. The maximum absolute atomic E-state index is 13.1. The van der Waals surface area contributed by atoms with Crippen LogP contribution in [0.2, 0.25) is 0 Å². The molecule has 0 saturated heterocycles. The first-order valence-electron chi connectivity index (χ1n) is 8.31. The maximum Gasteiger partial charge on any atom is 0.263 e. The van der Waals surface area contributed by atoms with Gasteiger partial charge in [-0.2, -0.15) is 5.26 Å². The standard InChI is InChI=1S/C17H22N4OS2/c1-20(2)9-5-10-21-16(22)14-12-6-3-4-7-13(12)24-15(14)19-17(21)23-11-8-18/h3-7,9-11H2,1-2H3. The Morgan fingerprint density at radius 2 is 2.17 bits per heavy atom.